The fraction of sp³-hybridized carbons (Fsp3) is 0.900. The van der Waals surface area contributed by atoms with Crippen molar-refractivity contribution in [3.05, 3.63) is 0 Å². The molecule has 1 aliphatic heterocycles. The zero-order valence-electron chi connectivity index (χ0n) is 9.08. The topological polar surface area (TPSA) is 20.3 Å². The van der Waals surface area contributed by atoms with Crippen LogP contribution in [-0.4, -0.2) is 29.1 Å². The molecule has 0 aromatic heterocycles. The number of likely N-dealkylation sites (tertiary alicyclic amines) is 1. The molecule has 1 fully saturated rings. The molecule has 0 saturated carbocycles. The predicted octanol–water partition coefficient (Wildman–Crippen LogP) is 2.20. The van der Waals surface area contributed by atoms with E-state index in [0.29, 0.717) is 5.92 Å². The van der Waals surface area contributed by atoms with Gasteiger partial charge in [0.25, 0.3) is 0 Å². The largest absolute Gasteiger partial charge is 0.341 e. The first-order valence-electron chi connectivity index (χ1n) is 5.08. The minimum atomic E-state index is -0.0336. The second kappa shape index (κ2) is 6.30. The van der Waals surface area contributed by atoms with E-state index in [9.17, 15) is 4.79 Å². The molecule has 1 amide bonds. The van der Waals surface area contributed by atoms with E-state index in [-0.39, 0.29) is 11.2 Å². The molecule has 1 aliphatic rings. The first-order chi connectivity index (χ1) is 6.11. The Balaban J connectivity index is 0.000000671. The molecular formula is C10H21NOS. The van der Waals surface area contributed by atoms with Gasteiger partial charge in [0.15, 0.2) is 0 Å². The highest BCUT2D eigenvalue weighted by molar-refractivity contribution is 7.81. The van der Waals surface area contributed by atoms with Crippen LogP contribution in [0.4, 0.5) is 0 Å². The second-order valence-corrected chi connectivity index (χ2v) is 4.11. The molecule has 1 saturated heterocycles. The van der Waals surface area contributed by atoms with Crippen LogP contribution in [0.15, 0.2) is 0 Å². The van der Waals surface area contributed by atoms with E-state index in [4.69, 9.17) is 0 Å². The Bertz CT molecular complexity index is 159. The van der Waals surface area contributed by atoms with E-state index in [2.05, 4.69) is 26.5 Å². The van der Waals surface area contributed by atoms with Crippen molar-refractivity contribution < 1.29 is 4.79 Å². The zero-order valence-corrected chi connectivity index (χ0v) is 9.97. The van der Waals surface area contributed by atoms with Crippen molar-refractivity contribution in [2.24, 2.45) is 5.92 Å². The SMILES string of the molecule is CC.CC(C)CN1CCC(S)C1=O. The molecule has 78 valence electrons. The summed E-state index contributed by atoms with van der Waals surface area (Å²) in [6.07, 6.45) is 0.911. The van der Waals surface area contributed by atoms with Gasteiger partial charge in [-0.3, -0.25) is 4.79 Å². The van der Waals surface area contributed by atoms with Crippen molar-refractivity contribution in [2.75, 3.05) is 13.1 Å². The number of carbonyl (C=O) groups is 1. The normalized spacial score (nSPS) is 21.8. The van der Waals surface area contributed by atoms with Crippen LogP contribution in [0.5, 0.6) is 0 Å². The number of carbonyl (C=O) groups excluding carboxylic acids is 1. The van der Waals surface area contributed by atoms with Crippen LogP contribution >= 0.6 is 12.6 Å². The van der Waals surface area contributed by atoms with Crippen LogP contribution in [0.25, 0.3) is 0 Å². The van der Waals surface area contributed by atoms with E-state index >= 15 is 0 Å². The molecule has 0 aromatic rings. The molecule has 1 heterocycles. The Morgan fingerprint density at radius 1 is 1.54 bits per heavy atom. The summed E-state index contributed by atoms with van der Waals surface area (Å²) in [7, 11) is 0. The van der Waals surface area contributed by atoms with Gasteiger partial charge in [0.1, 0.15) is 0 Å². The Morgan fingerprint density at radius 2 is 2.08 bits per heavy atom. The minimum absolute atomic E-state index is 0.0336. The van der Waals surface area contributed by atoms with Crippen LogP contribution in [-0.2, 0) is 4.79 Å². The lowest BCUT2D eigenvalue weighted by atomic mass is 10.2. The fourth-order valence-corrected chi connectivity index (χ4v) is 1.62. The predicted molar refractivity (Wildman–Crippen MR) is 60.2 cm³/mol. The maximum absolute atomic E-state index is 11.3. The summed E-state index contributed by atoms with van der Waals surface area (Å²) in [5.41, 5.74) is 0. The van der Waals surface area contributed by atoms with E-state index in [0.717, 1.165) is 19.5 Å². The molecule has 1 rings (SSSR count). The van der Waals surface area contributed by atoms with Gasteiger partial charge in [-0.15, -0.1) is 0 Å². The first kappa shape index (κ1) is 12.8. The molecule has 13 heavy (non-hydrogen) atoms. The maximum atomic E-state index is 11.3. The smallest absolute Gasteiger partial charge is 0.235 e. The molecule has 3 heteroatoms. The standard InChI is InChI=1S/C8H15NOS.C2H6/c1-6(2)5-9-4-3-7(11)8(9)10;1-2/h6-7,11H,3-5H2,1-2H3;1-2H3. The van der Waals surface area contributed by atoms with Gasteiger partial charge in [0.05, 0.1) is 5.25 Å². The molecule has 1 unspecified atom stereocenters. The third-order valence-electron chi connectivity index (χ3n) is 1.85. The lowest BCUT2D eigenvalue weighted by Crippen LogP contribution is -2.31. The van der Waals surface area contributed by atoms with E-state index in [1.54, 1.807) is 0 Å². The number of amides is 1. The van der Waals surface area contributed by atoms with Crippen molar-refractivity contribution in [3.63, 3.8) is 0 Å². The van der Waals surface area contributed by atoms with Gasteiger partial charge in [-0.1, -0.05) is 27.7 Å². The van der Waals surface area contributed by atoms with Crippen molar-refractivity contribution in [1.82, 2.24) is 4.90 Å². The van der Waals surface area contributed by atoms with E-state index < -0.39 is 0 Å². The van der Waals surface area contributed by atoms with Crippen LogP contribution in [0.3, 0.4) is 0 Å². The molecule has 0 radical (unpaired) electrons. The minimum Gasteiger partial charge on any atom is -0.341 e. The second-order valence-electron chi connectivity index (χ2n) is 3.48. The monoisotopic (exact) mass is 203 g/mol. The fourth-order valence-electron chi connectivity index (χ4n) is 1.34. The third kappa shape index (κ3) is 4.03. The quantitative estimate of drug-likeness (QED) is 0.682. The highest BCUT2D eigenvalue weighted by atomic mass is 32.1. The number of hydrogen-bond donors (Lipinski definition) is 1. The van der Waals surface area contributed by atoms with Crippen LogP contribution < -0.4 is 0 Å². The van der Waals surface area contributed by atoms with Gasteiger partial charge in [-0.2, -0.15) is 12.6 Å². The van der Waals surface area contributed by atoms with E-state index in [1.165, 1.54) is 0 Å². The Morgan fingerprint density at radius 3 is 2.38 bits per heavy atom. The summed E-state index contributed by atoms with van der Waals surface area (Å²) in [5.74, 6) is 0.777. The summed E-state index contributed by atoms with van der Waals surface area (Å²) < 4.78 is 0. The van der Waals surface area contributed by atoms with Crippen molar-refractivity contribution in [1.29, 1.82) is 0 Å². The summed E-state index contributed by atoms with van der Waals surface area (Å²) in [4.78, 5) is 13.2. The van der Waals surface area contributed by atoms with Gasteiger partial charge in [0, 0.05) is 13.1 Å². The Hall–Kier alpha value is -0.180. The number of nitrogens with zero attached hydrogens (tertiary/aromatic N) is 1. The summed E-state index contributed by atoms with van der Waals surface area (Å²) >= 11 is 4.18. The molecule has 1 atom stereocenters. The summed E-state index contributed by atoms with van der Waals surface area (Å²) in [5, 5.41) is -0.0336. The third-order valence-corrected chi connectivity index (χ3v) is 2.33. The van der Waals surface area contributed by atoms with Gasteiger partial charge in [0.2, 0.25) is 5.91 Å². The van der Waals surface area contributed by atoms with Gasteiger partial charge >= 0.3 is 0 Å². The molecule has 0 spiro atoms. The van der Waals surface area contributed by atoms with Gasteiger partial charge in [-0.25, -0.2) is 0 Å². The zero-order chi connectivity index (χ0) is 10.4. The molecule has 0 aromatic carbocycles. The molecule has 0 bridgehead atoms. The Labute approximate surface area is 87.1 Å². The summed E-state index contributed by atoms with van der Waals surface area (Å²) in [6, 6.07) is 0. The van der Waals surface area contributed by atoms with Gasteiger partial charge < -0.3 is 4.90 Å². The van der Waals surface area contributed by atoms with Crippen LogP contribution in [0, 0.1) is 5.92 Å². The first-order valence-corrected chi connectivity index (χ1v) is 5.59. The van der Waals surface area contributed by atoms with Crippen molar-refractivity contribution >= 4 is 18.5 Å². The van der Waals surface area contributed by atoms with E-state index in [1.807, 2.05) is 18.7 Å². The van der Waals surface area contributed by atoms with Crippen molar-refractivity contribution in [2.45, 2.75) is 39.4 Å². The van der Waals surface area contributed by atoms with Crippen molar-refractivity contribution in [3.8, 4) is 0 Å². The summed E-state index contributed by atoms with van der Waals surface area (Å²) in [6.45, 7) is 10.0. The lowest BCUT2D eigenvalue weighted by Gasteiger charge is -2.17. The van der Waals surface area contributed by atoms with Crippen LogP contribution in [0.1, 0.15) is 34.1 Å². The average molecular weight is 203 g/mol. The van der Waals surface area contributed by atoms with Crippen LogP contribution in [0.2, 0.25) is 0 Å². The molecular weight excluding hydrogens is 182 g/mol. The Kier molecular flexibility index (Phi) is 6.21. The maximum Gasteiger partial charge on any atom is 0.235 e. The number of rotatable bonds is 2. The van der Waals surface area contributed by atoms with Gasteiger partial charge in [-0.05, 0) is 12.3 Å². The molecule has 0 N–H and O–H groups in total. The molecule has 2 nitrogen and oxygen atoms in total. The lowest BCUT2D eigenvalue weighted by molar-refractivity contribution is -0.127. The average Bonchev–Trinajstić information content (AvgIpc) is 2.39. The molecule has 0 aliphatic carbocycles. The number of thiol groups is 1. The highest BCUT2D eigenvalue weighted by Gasteiger charge is 2.28. The highest BCUT2D eigenvalue weighted by Crippen LogP contribution is 2.16. The number of hydrogen-bond acceptors (Lipinski definition) is 2.